The smallest absolute Gasteiger partial charge is 0.311 e. The van der Waals surface area contributed by atoms with Crippen molar-refractivity contribution >= 4 is 5.97 Å². The van der Waals surface area contributed by atoms with E-state index in [-0.39, 0.29) is 5.92 Å². The van der Waals surface area contributed by atoms with E-state index in [2.05, 4.69) is 36.3 Å². The van der Waals surface area contributed by atoms with Crippen LogP contribution in [0.1, 0.15) is 45.4 Å². The van der Waals surface area contributed by atoms with E-state index in [9.17, 15) is 9.90 Å². The van der Waals surface area contributed by atoms with E-state index in [0.29, 0.717) is 38.5 Å². The van der Waals surface area contributed by atoms with Gasteiger partial charge in [0.05, 0.1) is 12.0 Å². The lowest BCUT2D eigenvalue weighted by molar-refractivity contribution is -0.156. The molecule has 112 valence electrons. The van der Waals surface area contributed by atoms with Crippen molar-refractivity contribution in [3.05, 3.63) is 5.82 Å². The second kappa shape index (κ2) is 5.87. The lowest BCUT2D eigenvalue weighted by Crippen LogP contribution is -2.41. The number of aromatic nitrogens is 4. The van der Waals surface area contributed by atoms with E-state index in [1.807, 2.05) is 0 Å². The average molecular weight is 282 g/mol. The molecular formula is C13H22N4O3. The molecule has 0 aliphatic carbocycles. The number of carboxylic acids is 1. The quantitative estimate of drug-likeness (QED) is 0.875. The van der Waals surface area contributed by atoms with Gasteiger partial charge in [-0.15, -0.1) is 5.10 Å². The molecule has 0 bridgehead atoms. The second-order valence-corrected chi connectivity index (χ2v) is 5.93. The monoisotopic (exact) mass is 282 g/mol. The Hall–Kier alpha value is -1.50. The van der Waals surface area contributed by atoms with E-state index in [0.717, 1.165) is 5.82 Å². The molecule has 7 heteroatoms. The maximum Gasteiger partial charge on any atom is 0.311 e. The highest BCUT2D eigenvalue weighted by molar-refractivity contribution is 5.74. The fourth-order valence-corrected chi connectivity index (χ4v) is 2.44. The van der Waals surface area contributed by atoms with Crippen molar-refractivity contribution in [1.29, 1.82) is 0 Å². The first-order valence-corrected chi connectivity index (χ1v) is 7.03. The molecule has 1 aliphatic heterocycles. The number of nitrogens with zero attached hydrogens (tertiary/aromatic N) is 4. The van der Waals surface area contributed by atoms with Crippen molar-refractivity contribution in [3.63, 3.8) is 0 Å². The Bertz CT molecular complexity index is 466. The van der Waals surface area contributed by atoms with Crippen LogP contribution in [0.25, 0.3) is 0 Å². The molecule has 0 aromatic carbocycles. The molecule has 20 heavy (non-hydrogen) atoms. The summed E-state index contributed by atoms with van der Waals surface area (Å²) in [7, 11) is 0. The standard InChI is InChI=1S/C13H22N4O3/c1-9(2)10(3)11-14-15-16-17(11)8-13(12(18)19)4-6-20-7-5-13/h9-10H,4-8H2,1-3H3,(H,18,19). The number of tetrazole rings is 1. The van der Waals surface area contributed by atoms with Gasteiger partial charge in [0.15, 0.2) is 5.82 Å². The molecule has 1 aromatic rings. The van der Waals surface area contributed by atoms with Gasteiger partial charge in [-0.1, -0.05) is 20.8 Å². The van der Waals surface area contributed by atoms with Crippen molar-refractivity contribution < 1.29 is 14.6 Å². The number of hydrogen-bond donors (Lipinski definition) is 1. The van der Waals surface area contributed by atoms with Gasteiger partial charge in [-0.25, -0.2) is 4.68 Å². The third-order valence-electron chi connectivity index (χ3n) is 4.32. The first-order chi connectivity index (χ1) is 9.46. The lowest BCUT2D eigenvalue weighted by Gasteiger charge is -2.33. The van der Waals surface area contributed by atoms with Gasteiger partial charge in [0.1, 0.15) is 0 Å². The Morgan fingerprint density at radius 2 is 2.05 bits per heavy atom. The lowest BCUT2D eigenvalue weighted by atomic mass is 9.80. The largest absolute Gasteiger partial charge is 0.481 e. The molecule has 0 radical (unpaired) electrons. The number of carboxylic acid groups (broad SMARTS) is 1. The third kappa shape index (κ3) is 2.82. The molecule has 0 spiro atoms. The molecule has 1 atom stereocenters. The molecule has 1 fully saturated rings. The second-order valence-electron chi connectivity index (χ2n) is 5.93. The van der Waals surface area contributed by atoms with E-state index >= 15 is 0 Å². The van der Waals surface area contributed by atoms with Crippen molar-refractivity contribution in [2.45, 2.75) is 46.1 Å². The predicted octanol–water partition coefficient (Wildman–Crippen LogP) is 1.31. The van der Waals surface area contributed by atoms with Crippen LogP contribution in [-0.2, 0) is 16.1 Å². The van der Waals surface area contributed by atoms with Crippen LogP contribution in [0.4, 0.5) is 0 Å². The number of carbonyl (C=O) groups is 1. The van der Waals surface area contributed by atoms with Crippen LogP contribution < -0.4 is 0 Å². The first kappa shape index (κ1) is 14.9. The molecule has 1 aliphatic rings. The number of rotatable bonds is 5. The van der Waals surface area contributed by atoms with Crippen molar-refractivity contribution in [1.82, 2.24) is 20.2 Å². The molecule has 1 aromatic heterocycles. The van der Waals surface area contributed by atoms with Gasteiger partial charge >= 0.3 is 5.97 Å². The Labute approximate surface area is 118 Å². The molecule has 1 saturated heterocycles. The molecule has 7 nitrogen and oxygen atoms in total. The van der Waals surface area contributed by atoms with Crippen LogP contribution in [-0.4, -0.2) is 44.5 Å². The summed E-state index contributed by atoms with van der Waals surface area (Å²) in [5, 5.41) is 21.4. The Kier molecular flexibility index (Phi) is 4.37. The van der Waals surface area contributed by atoms with Crippen molar-refractivity contribution in [2.24, 2.45) is 11.3 Å². The van der Waals surface area contributed by atoms with Gasteiger partial charge in [-0.2, -0.15) is 0 Å². The van der Waals surface area contributed by atoms with Gasteiger partial charge in [-0.3, -0.25) is 4.79 Å². The molecular weight excluding hydrogens is 260 g/mol. The van der Waals surface area contributed by atoms with Crippen molar-refractivity contribution in [2.75, 3.05) is 13.2 Å². The maximum absolute atomic E-state index is 11.7. The van der Waals surface area contributed by atoms with Gasteiger partial charge in [0.25, 0.3) is 0 Å². The molecule has 2 rings (SSSR count). The third-order valence-corrected chi connectivity index (χ3v) is 4.32. The summed E-state index contributed by atoms with van der Waals surface area (Å²) in [5.74, 6) is 0.553. The molecule has 1 unspecified atom stereocenters. The summed E-state index contributed by atoms with van der Waals surface area (Å²) < 4.78 is 6.94. The highest BCUT2D eigenvalue weighted by Crippen LogP contribution is 2.33. The summed E-state index contributed by atoms with van der Waals surface area (Å²) in [4.78, 5) is 11.7. The van der Waals surface area contributed by atoms with Crippen molar-refractivity contribution in [3.8, 4) is 0 Å². The predicted molar refractivity (Wildman–Crippen MR) is 71.2 cm³/mol. The minimum absolute atomic E-state index is 0.190. The van der Waals surface area contributed by atoms with Crippen LogP contribution >= 0.6 is 0 Å². The number of hydrogen-bond acceptors (Lipinski definition) is 5. The summed E-state index contributed by atoms with van der Waals surface area (Å²) >= 11 is 0. The topological polar surface area (TPSA) is 90.1 Å². The fraction of sp³-hybridized carbons (Fsp3) is 0.846. The van der Waals surface area contributed by atoms with Crippen LogP contribution in [0.3, 0.4) is 0 Å². The summed E-state index contributed by atoms with van der Waals surface area (Å²) in [6, 6.07) is 0. The van der Waals surface area contributed by atoms with E-state index in [1.165, 1.54) is 0 Å². The minimum Gasteiger partial charge on any atom is -0.481 e. The van der Waals surface area contributed by atoms with Crippen LogP contribution in [0.5, 0.6) is 0 Å². The zero-order chi connectivity index (χ0) is 14.8. The molecule has 0 saturated carbocycles. The van der Waals surface area contributed by atoms with Crippen LogP contribution in [0.15, 0.2) is 0 Å². The van der Waals surface area contributed by atoms with Gasteiger partial charge < -0.3 is 9.84 Å². The molecule has 0 amide bonds. The first-order valence-electron chi connectivity index (χ1n) is 7.03. The maximum atomic E-state index is 11.7. The normalized spacial score (nSPS) is 20.0. The summed E-state index contributed by atoms with van der Waals surface area (Å²) in [6.07, 6.45) is 0.995. The molecule has 1 N–H and O–H groups in total. The zero-order valence-electron chi connectivity index (χ0n) is 12.2. The average Bonchev–Trinajstić information content (AvgIpc) is 2.86. The Morgan fingerprint density at radius 3 is 2.60 bits per heavy atom. The Morgan fingerprint density at radius 1 is 1.40 bits per heavy atom. The summed E-state index contributed by atoms with van der Waals surface area (Å²) in [5.41, 5.74) is -0.820. The Balaban J connectivity index is 2.24. The van der Waals surface area contributed by atoms with E-state index < -0.39 is 11.4 Å². The minimum atomic E-state index is -0.820. The van der Waals surface area contributed by atoms with Gasteiger partial charge in [-0.05, 0) is 29.2 Å². The van der Waals surface area contributed by atoms with E-state index in [4.69, 9.17) is 4.74 Å². The highest BCUT2D eigenvalue weighted by Gasteiger charge is 2.41. The van der Waals surface area contributed by atoms with Crippen LogP contribution in [0.2, 0.25) is 0 Å². The zero-order valence-corrected chi connectivity index (χ0v) is 12.2. The fourth-order valence-electron chi connectivity index (χ4n) is 2.44. The highest BCUT2D eigenvalue weighted by atomic mass is 16.5. The van der Waals surface area contributed by atoms with Crippen LogP contribution in [0, 0.1) is 11.3 Å². The van der Waals surface area contributed by atoms with Gasteiger partial charge in [0.2, 0.25) is 0 Å². The molecule has 2 heterocycles. The SMILES string of the molecule is CC(C)C(C)c1nnnn1CC1(C(=O)O)CCOCC1. The van der Waals surface area contributed by atoms with E-state index in [1.54, 1.807) is 4.68 Å². The number of ether oxygens (including phenoxy) is 1. The summed E-state index contributed by atoms with van der Waals surface area (Å²) in [6.45, 7) is 7.53. The number of aliphatic carboxylic acids is 1. The van der Waals surface area contributed by atoms with Gasteiger partial charge in [0, 0.05) is 19.1 Å².